The van der Waals surface area contributed by atoms with Crippen LogP contribution in [0.5, 0.6) is 0 Å². The van der Waals surface area contributed by atoms with Gasteiger partial charge in [0.05, 0.1) is 5.75 Å². The second-order valence-corrected chi connectivity index (χ2v) is 5.97. The maximum Gasteiger partial charge on any atom is 0.209 e. The summed E-state index contributed by atoms with van der Waals surface area (Å²) in [5.41, 5.74) is 0.760. The summed E-state index contributed by atoms with van der Waals surface area (Å²) in [4.78, 5) is 4.05. The number of sulfonamides is 1. The Bertz CT molecular complexity index is 593. The first-order valence-corrected chi connectivity index (χ1v) is 7.18. The molecule has 0 aliphatic rings. The summed E-state index contributed by atoms with van der Waals surface area (Å²) in [6.07, 6.45) is 3.39. The van der Waals surface area contributed by atoms with Gasteiger partial charge >= 0.3 is 0 Å². The Balaban J connectivity index is 2.04. The summed E-state index contributed by atoms with van der Waals surface area (Å²) in [5, 5.41) is 9.88. The molecule has 2 aromatic rings. The molecule has 0 radical (unpaired) electrons. The highest BCUT2D eigenvalue weighted by molar-refractivity contribution is 8.00. The molecule has 0 aliphatic carbocycles. The lowest BCUT2D eigenvalue weighted by Crippen LogP contribution is -2.17. The molecule has 2 N–H and O–H groups in total. The second-order valence-electron chi connectivity index (χ2n) is 3.12. The van der Waals surface area contributed by atoms with E-state index < -0.39 is 10.0 Å². The molecule has 2 rings (SSSR count). The smallest absolute Gasteiger partial charge is 0.209 e. The van der Waals surface area contributed by atoms with Crippen LogP contribution >= 0.6 is 11.8 Å². The SMILES string of the molecule is NS(=O)(=O)CCSc1ccc2nccn2n1. The van der Waals surface area contributed by atoms with E-state index >= 15 is 0 Å². The number of primary sulfonamides is 1. The molecular formula is C8H10N4O2S2. The number of hydrogen-bond acceptors (Lipinski definition) is 5. The lowest BCUT2D eigenvalue weighted by molar-refractivity contribution is 0.599. The molecule has 0 aliphatic heterocycles. The molecule has 16 heavy (non-hydrogen) atoms. The summed E-state index contributed by atoms with van der Waals surface area (Å²) in [6, 6.07) is 3.63. The van der Waals surface area contributed by atoms with Crippen LogP contribution in [0.25, 0.3) is 5.65 Å². The number of thioether (sulfide) groups is 1. The van der Waals surface area contributed by atoms with E-state index in [2.05, 4.69) is 10.1 Å². The fourth-order valence-corrected chi connectivity index (χ4v) is 2.92. The van der Waals surface area contributed by atoms with Crippen molar-refractivity contribution in [2.24, 2.45) is 5.14 Å². The first-order chi connectivity index (χ1) is 7.54. The van der Waals surface area contributed by atoms with Gasteiger partial charge in [-0.25, -0.2) is 23.1 Å². The minimum Gasteiger partial charge on any atom is -0.236 e. The topological polar surface area (TPSA) is 90.4 Å². The van der Waals surface area contributed by atoms with Crippen molar-refractivity contribution in [2.75, 3.05) is 11.5 Å². The first kappa shape index (κ1) is 11.4. The van der Waals surface area contributed by atoms with Gasteiger partial charge in [0, 0.05) is 18.1 Å². The summed E-state index contributed by atoms with van der Waals surface area (Å²) >= 11 is 1.35. The zero-order valence-electron chi connectivity index (χ0n) is 8.28. The number of rotatable bonds is 4. The Hall–Kier alpha value is -1.12. The number of imidazole rings is 1. The summed E-state index contributed by atoms with van der Waals surface area (Å²) in [6.45, 7) is 0. The highest BCUT2D eigenvalue weighted by Gasteiger charge is 2.04. The predicted molar refractivity (Wildman–Crippen MR) is 61.7 cm³/mol. The van der Waals surface area contributed by atoms with Crippen molar-refractivity contribution >= 4 is 27.4 Å². The van der Waals surface area contributed by atoms with Crippen LogP contribution in [0.15, 0.2) is 29.6 Å². The molecule has 6 nitrogen and oxygen atoms in total. The van der Waals surface area contributed by atoms with E-state index in [0.29, 0.717) is 5.75 Å². The van der Waals surface area contributed by atoms with Crippen molar-refractivity contribution < 1.29 is 8.42 Å². The highest BCUT2D eigenvalue weighted by Crippen LogP contribution is 2.15. The zero-order chi connectivity index (χ0) is 11.6. The Morgan fingerprint density at radius 2 is 2.25 bits per heavy atom. The number of fused-ring (bicyclic) bond motifs is 1. The van der Waals surface area contributed by atoms with Crippen molar-refractivity contribution in [3.05, 3.63) is 24.5 Å². The standard InChI is InChI=1S/C8H10N4O2S2/c9-16(13,14)6-5-15-8-2-1-7-10-3-4-12(7)11-8/h1-4H,5-6H2,(H2,9,13,14). The van der Waals surface area contributed by atoms with Crippen LogP contribution in [0.1, 0.15) is 0 Å². The van der Waals surface area contributed by atoms with Gasteiger partial charge in [0.1, 0.15) is 5.03 Å². The molecule has 0 saturated carbocycles. The molecular weight excluding hydrogens is 248 g/mol. The highest BCUT2D eigenvalue weighted by atomic mass is 32.2. The average molecular weight is 258 g/mol. The van der Waals surface area contributed by atoms with E-state index in [1.165, 1.54) is 11.8 Å². The fourth-order valence-electron chi connectivity index (χ4n) is 1.14. The van der Waals surface area contributed by atoms with Gasteiger partial charge in [-0.2, -0.15) is 5.10 Å². The predicted octanol–water partition coefficient (Wildman–Crippen LogP) is 0.110. The van der Waals surface area contributed by atoms with E-state index in [1.807, 2.05) is 6.07 Å². The van der Waals surface area contributed by atoms with Gasteiger partial charge in [0.2, 0.25) is 10.0 Å². The normalized spacial score (nSPS) is 12.1. The van der Waals surface area contributed by atoms with Crippen LogP contribution in [-0.4, -0.2) is 34.5 Å². The molecule has 86 valence electrons. The fraction of sp³-hybridized carbons (Fsp3) is 0.250. The quantitative estimate of drug-likeness (QED) is 0.786. The molecule has 0 aromatic carbocycles. The second kappa shape index (κ2) is 4.40. The molecule has 0 fully saturated rings. The lowest BCUT2D eigenvalue weighted by Gasteiger charge is -2.00. The van der Waals surface area contributed by atoms with Gasteiger partial charge in [-0.15, -0.1) is 11.8 Å². The molecule has 0 atom stereocenters. The maximum atomic E-state index is 10.7. The molecule has 2 aromatic heterocycles. The molecule has 0 unspecified atom stereocenters. The third-order valence-electron chi connectivity index (χ3n) is 1.85. The van der Waals surface area contributed by atoms with Crippen molar-refractivity contribution in [3.8, 4) is 0 Å². The molecule has 2 heterocycles. The van der Waals surface area contributed by atoms with Gasteiger partial charge in [-0.05, 0) is 12.1 Å². The van der Waals surface area contributed by atoms with Gasteiger partial charge in [-0.3, -0.25) is 0 Å². The molecule has 0 spiro atoms. The largest absolute Gasteiger partial charge is 0.236 e. The first-order valence-electron chi connectivity index (χ1n) is 4.48. The molecule has 0 bridgehead atoms. The van der Waals surface area contributed by atoms with Crippen molar-refractivity contribution in [1.82, 2.24) is 14.6 Å². The number of nitrogens with zero attached hydrogens (tertiary/aromatic N) is 3. The maximum absolute atomic E-state index is 10.7. The third-order valence-corrected chi connectivity index (χ3v) is 3.80. The van der Waals surface area contributed by atoms with Gasteiger partial charge in [0.15, 0.2) is 5.65 Å². The third kappa shape index (κ3) is 2.94. The van der Waals surface area contributed by atoms with Crippen LogP contribution in [0, 0.1) is 0 Å². The average Bonchev–Trinajstić information content (AvgIpc) is 2.62. The summed E-state index contributed by atoms with van der Waals surface area (Å²) in [5.74, 6) is 0.341. The van der Waals surface area contributed by atoms with E-state index in [9.17, 15) is 8.42 Å². The monoisotopic (exact) mass is 258 g/mol. The zero-order valence-corrected chi connectivity index (χ0v) is 9.91. The number of aromatic nitrogens is 3. The van der Waals surface area contributed by atoms with E-state index in [4.69, 9.17) is 5.14 Å². The van der Waals surface area contributed by atoms with Crippen LogP contribution in [0.4, 0.5) is 0 Å². The minimum absolute atomic E-state index is 0.0543. The molecule has 0 saturated heterocycles. The van der Waals surface area contributed by atoms with Crippen LogP contribution < -0.4 is 5.14 Å². The number of hydrogen-bond donors (Lipinski definition) is 1. The van der Waals surface area contributed by atoms with Crippen molar-refractivity contribution in [1.29, 1.82) is 0 Å². The van der Waals surface area contributed by atoms with E-state index in [0.717, 1.165) is 10.7 Å². The van der Waals surface area contributed by atoms with E-state index in [1.54, 1.807) is 23.0 Å². The molecule has 8 heteroatoms. The number of nitrogens with two attached hydrogens (primary N) is 1. The minimum atomic E-state index is -3.39. The lowest BCUT2D eigenvalue weighted by atomic mass is 10.6. The summed E-state index contributed by atoms with van der Waals surface area (Å²) < 4.78 is 23.1. The van der Waals surface area contributed by atoms with Gasteiger partial charge in [-0.1, -0.05) is 0 Å². The van der Waals surface area contributed by atoms with Crippen molar-refractivity contribution in [2.45, 2.75) is 5.03 Å². The van der Waals surface area contributed by atoms with Crippen molar-refractivity contribution in [3.63, 3.8) is 0 Å². The summed E-state index contributed by atoms with van der Waals surface area (Å²) in [7, 11) is -3.39. The van der Waals surface area contributed by atoms with Crippen LogP contribution in [-0.2, 0) is 10.0 Å². The van der Waals surface area contributed by atoms with Crippen LogP contribution in [0.2, 0.25) is 0 Å². The Labute approximate surface area is 96.9 Å². The Morgan fingerprint density at radius 3 is 3.00 bits per heavy atom. The van der Waals surface area contributed by atoms with Gasteiger partial charge in [0.25, 0.3) is 0 Å². The Kier molecular flexibility index (Phi) is 3.13. The Morgan fingerprint density at radius 1 is 1.44 bits per heavy atom. The molecule has 0 amide bonds. The van der Waals surface area contributed by atoms with Crippen LogP contribution in [0.3, 0.4) is 0 Å². The van der Waals surface area contributed by atoms with E-state index in [-0.39, 0.29) is 5.75 Å². The van der Waals surface area contributed by atoms with Gasteiger partial charge < -0.3 is 0 Å².